The molecule has 2 atom stereocenters. The molecule has 1 N–H and O–H groups in total. The van der Waals surface area contributed by atoms with Gasteiger partial charge in [0, 0.05) is 24.3 Å². The number of hydrogen-bond donors (Lipinski definition) is 1. The normalized spacial score (nSPS) is 25.9. The first-order valence-electron chi connectivity index (χ1n) is 6.82. The predicted octanol–water partition coefficient (Wildman–Crippen LogP) is 1.60. The molecule has 2 saturated heterocycles. The summed E-state index contributed by atoms with van der Waals surface area (Å²) in [7, 11) is 0. The van der Waals surface area contributed by atoms with Crippen LogP contribution in [0, 0.1) is 5.92 Å². The number of nitrogens with one attached hydrogen (secondary N) is 1. The van der Waals surface area contributed by atoms with E-state index in [9.17, 15) is 9.59 Å². The van der Waals surface area contributed by atoms with Crippen LogP contribution in [0.4, 0.5) is 5.69 Å². The van der Waals surface area contributed by atoms with Gasteiger partial charge in [-0.2, -0.15) is 0 Å². The molecule has 4 heteroatoms. The number of carbonyl (C=O) groups excluding carboxylic acids is 2. The van der Waals surface area contributed by atoms with Gasteiger partial charge in [0.25, 0.3) is 0 Å². The zero-order valence-corrected chi connectivity index (χ0v) is 11.1. The van der Waals surface area contributed by atoms with Crippen molar-refractivity contribution in [3.05, 3.63) is 29.8 Å². The summed E-state index contributed by atoms with van der Waals surface area (Å²) in [6.45, 7) is 3.29. The Hall–Kier alpha value is -1.84. The Morgan fingerprint density at radius 3 is 2.74 bits per heavy atom. The summed E-state index contributed by atoms with van der Waals surface area (Å²) in [6, 6.07) is 7.98. The van der Waals surface area contributed by atoms with Crippen molar-refractivity contribution >= 4 is 17.4 Å². The molecule has 100 valence electrons. The average Bonchev–Trinajstić information content (AvgIpc) is 2.81. The van der Waals surface area contributed by atoms with Crippen LogP contribution < -0.4 is 10.2 Å². The van der Waals surface area contributed by atoms with Gasteiger partial charge in [0.05, 0.1) is 12.0 Å². The van der Waals surface area contributed by atoms with E-state index >= 15 is 0 Å². The average molecular weight is 258 g/mol. The number of carbonyl (C=O) groups is 2. The van der Waals surface area contributed by atoms with Crippen LogP contribution in [0.25, 0.3) is 0 Å². The van der Waals surface area contributed by atoms with Crippen LogP contribution in [0.1, 0.15) is 30.1 Å². The third-order valence-electron chi connectivity index (χ3n) is 4.21. The molecule has 2 aliphatic rings. The zero-order chi connectivity index (χ0) is 13.4. The van der Waals surface area contributed by atoms with Crippen molar-refractivity contribution in [1.82, 2.24) is 5.32 Å². The van der Waals surface area contributed by atoms with Gasteiger partial charge < -0.3 is 10.2 Å². The highest BCUT2D eigenvalue weighted by Gasteiger charge is 2.40. The Kier molecular flexibility index (Phi) is 3.01. The van der Waals surface area contributed by atoms with E-state index in [0.717, 1.165) is 37.2 Å². The van der Waals surface area contributed by atoms with Crippen LogP contribution in [-0.4, -0.2) is 30.8 Å². The first kappa shape index (κ1) is 12.2. The van der Waals surface area contributed by atoms with Gasteiger partial charge in [0.2, 0.25) is 5.91 Å². The second-order valence-corrected chi connectivity index (χ2v) is 5.36. The summed E-state index contributed by atoms with van der Waals surface area (Å²) in [5.41, 5.74) is 1.84. The summed E-state index contributed by atoms with van der Waals surface area (Å²) in [4.78, 5) is 25.3. The number of hydrogen-bond acceptors (Lipinski definition) is 3. The standard InChI is InChI=1S/C15H18N2O2/c1-10(18)11-4-6-12(7-5-11)17-8-2-3-13-14(17)9-16-15(13)19/h4-7,13-14H,2-3,8-9H2,1H3,(H,16,19). The summed E-state index contributed by atoms with van der Waals surface area (Å²) in [5.74, 6) is 0.400. The van der Waals surface area contributed by atoms with Gasteiger partial charge in [-0.25, -0.2) is 0 Å². The number of rotatable bonds is 2. The van der Waals surface area contributed by atoms with Crippen LogP contribution in [0.3, 0.4) is 0 Å². The molecule has 2 unspecified atom stereocenters. The molecule has 0 aliphatic carbocycles. The minimum absolute atomic E-state index is 0.0841. The van der Waals surface area contributed by atoms with Crippen LogP contribution in [0.2, 0.25) is 0 Å². The van der Waals surface area contributed by atoms with Crippen molar-refractivity contribution < 1.29 is 9.59 Å². The number of piperidine rings is 1. The van der Waals surface area contributed by atoms with Gasteiger partial charge in [-0.3, -0.25) is 9.59 Å². The molecule has 0 bridgehead atoms. The molecule has 0 radical (unpaired) electrons. The monoisotopic (exact) mass is 258 g/mol. The lowest BCUT2D eigenvalue weighted by atomic mass is 9.91. The van der Waals surface area contributed by atoms with Gasteiger partial charge >= 0.3 is 0 Å². The first-order valence-corrected chi connectivity index (χ1v) is 6.82. The predicted molar refractivity (Wildman–Crippen MR) is 73.3 cm³/mol. The second-order valence-electron chi connectivity index (χ2n) is 5.36. The minimum atomic E-state index is 0.0841. The Labute approximate surface area is 112 Å². The minimum Gasteiger partial charge on any atom is -0.366 e. The molecule has 19 heavy (non-hydrogen) atoms. The van der Waals surface area contributed by atoms with Crippen molar-refractivity contribution in [3.63, 3.8) is 0 Å². The number of amides is 1. The van der Waals surface area contributed by atoms with Crippen LogP contribution >= 0.6 is 0 Å². The molecule has 2 fully saturated rings. The van der Waals surface area contributed by atoms with E-state index in [4.69, 9.17) is 0 Å². The molecule has 1 aromatic rings. The molecule has 2 heterocycles. The number of anilines is 1. The zero-order valence-electron chi connectivity index (χ0n) is 11.1. The molecular formula is C15H18N2O2. The van der Waals surface area contributed by atoms with Gasteiger partial charge in [0.15, 0.2) is 5.78 Å². The van der Waals surface area contributed by atoms with Gasteiger partial charge in [-0.15, -0.1) is 0 Å². The molecular weight excluding hydrogens is 240 g/mol. The summed E-state index contributed by atoms with van der Waals surface area (Å²) in [5, 5.41) is 2.96. The number of nitrogens with zero attached hydrogens (tertiary/aromatic N) is 1. The van der Waals surface area contributed by atoms with Gasteiger partial charge in [0.1, 0.15) is 0 Å². The highest BCUT2D eigenvalue weighted by Crippen LogP contribution is 2.31. The van der Waals surface area contributed by atoms with Crippen molar-refractivity contribution in [2.75, 3.05) is 18.0 Å². The maximum absolute atomic E-state index is 11.7. The molecule has 0 spiro atoms. The van der Waals surface area contributed by atoms with E-state index in [2.05, 4.69) is 10.2 Å². The van der Waals surface area contributed by atoms with Crippen molar-refractivity contribution in [1.29, 1.82) is 0 Å². The number of benzene rings is 1. The Morgan fingerprint density at radius 1 is 1.32 bits per heavy atom. The van der Waals surface area contributed by atoms with Crippen molar-refractivity contribution in [2.24, 2.45) is 5.92 Å². The highest BCUT2D eigenvalue weighted by atomic mass is 16.2. The molecule has 0 aromatic heterocycles. The fourth-order valence-electron chi connectivity index (χ4n) is 3.16. The maximum Gasteiger partial charge on any atom is 0.225 e. The fraction of sp³-hybridized carbons (Fsp3) is 0.467. The van der Waals surface area contributed by atoms with Crippen molar-refractivity contribution in [2.45, 2.75) is 25.8 Å². The highest BCUT2D eigenvalue weighted by molar-refractivity contribution is 5.94. The third-order valence-corrected chi connectivity index (χ3v) is 4.21. The summed E-state index contributed by atoms with van der Waals surface area (Å²) >= 11 is 0. The van der Waals surface area contributed by atoms with E-state index < -0.39 is 0 Å². The SMILES string of the molecule is CC(=O)c1ccc(N2CCCC3C(=O)NCC32)cc1. The molecule has 0 saturated carbocycles. The molecule has 4 nitrogen and oxygen atoms in total. The van der Waals surface area contributed by atoms with Gasteiger partial charge in [-0.1, -0.05) is 0 Å². The Balaban J connectivity index is 1.85. The van der Waals surface area contributed by atoms with E-state index in [1.165, 1.54) is 0 Å². The molecule has 2 aliphatic heterocycles. The number of Topliss-reactive ketones (excluding diaryl/α,β-unsaturated/α-hetero) is 1. The molecule has 1 amide bonds. The van der Waals surface area contributed by atoms with E-state index in [0.29, 0.717) is 0 Å². The van der Waals surface area contributed by atoms with Crippen molar-refractivity contribution in [3.8, 4) is 0 Å². The lowest BCUT2D eigenvalue weighted by Crippen LogP contribution is -2.45. The van der Waals surface area contributed by atoms with E-state index in [1.54, 1.807) is 6.92 Å². The summed E-state index contributed by atoms with van der Waals surface area (Å²) < 4.78 is 0. The number of fused-ring (bicyclic) bond motifs is 1. The van der Waals surface area contributed by atoms with E-state index in [1.807, 2.05) is 24.3 Å². The smallest absolute Gasteiger partial charge is 0.225 e. The maximum atomic E-state index is 11.7. The molecule has 3 rings (SSSR count). The topological polar surface area (TPSA) is 49.4 Å². The van der Waals surface area contributed by atoms with Crippen LogP contribution in [0.5, 0.6) is 0 Å². The summed E-state index contributed by atoms with van der Waals surface area (Å²) in [6.07, 6.45) is 2.03. The lowest BCUT2D eigenvalue weighted by molar-refractivity contribution is -0.122. The number of ketones is 1. The fourth-order valence-corrected chi connectivity index (χ4v) is 3.16. The third kappa shape index (κ3) is 2.11. The second kappa shape index (κ2) is 4.68. The van der Waals surface area contributed by atoms with E-state index in [-0.39, 0.29) is 23.7 Å². The quantitative estimate of drug-likeness (QED) is 0.820. The Morgan fingerprint density at radius 2 is 2.05 bits per heavy atom. The largest absolute Gasteiger partial charge is 0.366 e. The Bertz CT molecular complexity index is 509. The molecule has 1 aromatic carbocycles. The first-order chi connectivity index (χ1) is 9.16. The van der Waals surface area contributed by atoms with Crippen LogP contribution in [-0.2, 0) is 4.79 Å². The van der Waals surface area contributed by atoms with Gasteiger partial charge in [-0.05, 0) is 44.0 Å². The lowest BCUT2D eigenvalue weighted by Gasteiger charge is -2.37. The van der Waals surface area contributed by atoms with Crippen LogP contribution in [0.15, 0.2) is 24.3 Å².